The Morgan fingerprint density at radius 2 is 2.00 bits per heavy atom. The zero-order valence-electron chi connectivity index (χ0n) is 14.2. The molecule has 1 heterocycles. The van der Waals surface area contributed by atoms with Crippen molar-refractivity contribution in [3.8, 4) is 0 Å². The summed E-state index contributed by atoms with van der Waals surface area (Å²) in [7, 11) is 0. The number of carbonyl (C=O) groups excluding carboxylic acids is 1. The summed E-state index contributed by atoms with van der Waals surface area (Å²) < 4.78 is 4.67. The predicted octanol–water partition coefficient (Wildman–Crippen LogP) is 0.659. The maximum Gasteiger partial charge on any atom is 0.278 e. The fraction of sp³-hybridized carbons (Fsp3) is 0.312. The van der Waals surface area contributed by atoms with Gasteiger partial charge in [0.2, 0.25) is 5.91 Å². The van der Waals surface area contributed by atoms with Gasteiger partial charge in [-0.2, -0.15) is 0 Å². The Kier molecular flexibility index (Phi) is 5.74. The molecule has 0 saturated carbocycles. The molecule has 0 bridgehead atoms. The topological polar surface area (TPSA) is 158 Å². The maximum atomic E-state index is 11.8. The molecule has 1 aliphatic carbocycles. The molecule has 27 heavy (non-hydrogen) atoms. The lowest BCUT2D eigenvalue weighted by Crippen LogP contribution is -2.29. The van der Waals surface area contributed by atoms with Gasteiger partial charge in [-0.1, -0.05) is 23.4 Å². The lowest BCUT2D eigenvalue weighted by molar-refractivity contribution is -0.516. The van der Waals surface area contributed by atoms with Crippen molar-refractivity contribution in [1.29, 1.82) is 0 Å². The molecule has 1 aromatic heterocycles. The van der Waals surface area contributed by atoms with E-state index in [-0.39, 0.29) is 24.6 Å². The molecule has 0 spiro atoms. The molecule has 1 amide bonds. The van der Waals surface area contributed by atoms with Crippen molar-refractivity contribution in [3.05, 3.63) is 63.5 Å². The number of rotatable bonds is 8. The monoisotopic (exact) mass is 374 g/mol. The second-order valence-corrected chi connectivity index (χ2v) is 5.87. The molecule has 1 aliphatic rings. The van der Waals surface area contributed by atoms with E-state index in [9.17, 15) is 14.9 Å². The summed E-state index contributed by atoms with van der Waals surface area (Å²) in [6.07, 6.45) is 3.34. The van der Waals surface area contributed by atoms with Crippen LogP contribution in [0.5, 0.6) is 0 Å². The number of fused-ring (bicyclic) bond motifs is 1. The second kappa shape index (κ2) is 8.38. The molecular formula is C16H18N6O5. The van der Waals surface area contributed by atoms with Gasteiger partial charge >= 0.3 is 0 Å². The van der Waals surface area contributed by atoms with Crippen molar-refractivity contribution in [3.63, 3.8) is 0 Å². The number of nitrogens with two attached hydrogens (primary N) is 1. The number of nitro groups is 1. The van der Waals surface area contributed by atoms with Crippen molar-refractivity contribution in [2.75, 3.05) is 18.5 Å². The summed E-state index contributed by atoms with van der Waals surface area (Å²) in [4.78, 5) is 26.8. The first kappa shape index (κ1) is 18.5. The Morgan fingerprint density at radius 3 is 2.70 bits per heavy atom. The molecule has 4 N–H and O–H groups in total. The molecule has 3 rings (SSSR count). The van der Waals surface area contributed by atoms with Crippen molar-refractivity contribution in [1.82, 2.24) is 15.6 Å². The van der Waals surface area contributed by atoms with Gasteiger partial charge in [0, 0.05) is 17.2 Å². The Hall–Kier alpha value is -3.31. The van der Waals surface area contributed by atoms with Crippen LogP contribution in [0, 0.1) is 10.1 Å². The van der Waals surface area contributed by atoms with Gasteiger partial charge in [-0.3, -0.25) is 14.9 Å². The molecular weight excluding hydrogens is 356 g/mol. The van der Waals surface area contributed by atoms with Crippen LogP contribution in [-0.4, -0.2) is 34.3 Å². The first-order chi connectivity index (χ1) is 13.1. The van der Waals surface area contributed by atoms with E-state index < -0.39 is 17.0 Å². The fourth-order valence-corrected chi connectivity index (χ4v) is 2.70. The first-order valence-corrected chi connectivity index (χ1v) is 8.16. The zero-order valence-corrected chi connectivity index (χ0v) is 14.2. The van der Waals surface area contributed by atoms with Crippen molar-refractivity contribution in [2.45, 2.75) is 18.5 Å². The minimum atomic E-state index is -1.06. The lowest BCUT2D eigenvalue weighted by atomic mass is 9.99. The molecule has 11 nitrogen and oxygen atoms in total. The third-order valence-electron chi connectivity index (χ3n) is 4.01. The van der Waals surface area contributed by atoms with Gasteiger partial charge in [-0.05, 0) is 28.9 Å². The van der Waals surface area contributed by atoms with E-state index in [1.165, 1.54) is 6.08 Å². The van der Waals surface area contributed by atoms with Crippen LogP contribution in [-0.2, 0) is 16.1 Å². The average molecular weight is 374 g/mol. The van der Waals surface area contributed by atoms with E-state index >= 15 is 0 Å². The number of anilines is 1. The summed E-state index contributed by atoms with van der Waals surface area (Å²) in [6, 6.07) is 5.80. The lowest BCUT2D eigenvalue weighted by Gasteiger charge is -2.18. The van der Waals surface area contributed by atoms with Crippen molar-refractivity contribution >= 4 is 11.6 Å². The summed E-state index contributed by atoms with van der Waals surface area (Å²) in [6.45, 7) is 0.599. The largest absolute Gasteiger partial charge is 0.373 e. The highest BCUT2D eigenvalue weighted by Crippen LogP contribution is 2.32. The quantitative estimate of drug-likeness (QED) is 0.261. The Morgan fingerprint density at radius 1 is 1.26 bits per heavy atom. The number of nitrogens with one attached hydrogen (secondary N) is 2. The highest BCUT2D eigenvalue weighted by molar-refractivity contribution is 5.78. The van der Waals surface area contributed by atoms with Crippen LogP contribution in [0.3, 0.4) is 0 Å². The van der Waals surface area contributed by atoms with Crippen LogP contribution >= 0.6 is 0 Å². The fourth-order valence-electron chi connectivity index (χ4n) is 2.70. The highest BCUT2D eigenvalue weighted by atomic mass is 16.6. The highest BCUT2D eigenvalue weighted by Gasteiger charge is 2.35. The molecule has 2 unspecified atom stereocenters. The first-order valence-electron chi connectivity index (χ1n) is 8.16. The molecule has 1 aromatic carbocycles. The third kappa shape index (κ3) is 4.46. The van der Waals surface area contributed by atoms with Crippen molar-refractivity contribution < 1.29 is 19.2 Å². The van der Waals surface area contributed by atoms with Crippen LogP contribution in [0.2, 0.25) is 0 Å². The van der Waals surface area contributed by atoms with Crippen LogP contribution in [0.25, 0.3) is 0 Å². The second-order valence-electron chi connectivity index (χ2n) is 5.87. The number of carbonyl (C=O) groups is 1. The van der Waals surface area contributed by atoms with E-state index in [0.717, 1.165) is 11.3 Å². The number of hydrogen-bond donors (Lipinski definition) is 3. The normalized spacial score (nSPS) is 18.0. The molecule has 11 heteroatoms. The zero-order chi connectivity index (χ0) is 19.2. The number of amides is 1. The van der Waals surface area contributed by atoms with E-state index in [1.54, 1.807) is 6.08 Å². The average Bonchev–Trinajstić information content (AvgIpc) is 3.13. The molecule has 2 atom stereocenters. The Bertz CT molecular complexity index is 834. The molecule has 2 aromatic rings. The van der Waals surface area contributed by atoms with Gasteiger partial charge < -0.3 is 15.5 Å². The number of nitrogens with zero attached hydrogens (tertiary/aromatic N) is 3. The van der Waals surface area contributed by atoms with Gasteiger partial charge in [0.25, 0.3) is 6.04 Å². The molecule has 0 aliphatic heterocycles. The summed E-state index contributed by atoms with van der Waals surface area (Å²) >= 11 is 0. The van der Waals surface area contributed by atoms with Gasteiger partial charge in [0.05, 0.1) is 19.1 Å². The van der Waals surface area contributed by atoms with Crippen molar-refractivity contribution in [2.24, 2.45) is 5.90 Å². The third-order valence-corrected chi connectivity index (χ3v) is 4.01. The van der Waals surface area contributed by atoms with E-state index in [1.807, 2.05) is 24.3 Å². The molecule has 0 saturated heterocycles. The summed E-state index contributed by atoms with van der Waals surface area (Å²) in [5, 5.41) is 24.4. The number of hydrogen-bond acceptors (Lipinski definition) is 9. The van der Waals surface area contributed by atoms with E-state index in [4.69, 9.17) is 5.90 Å². The van der Waals surface area contributed by atoms with Gasteiger partial charge in [-0.25, -0.2) is 10.5 Å². The van der Waals surface area contributed by atoms with Crippen LogP contribution in [0.4, 0.5) is 5.69 Å². The summed E-state index contributed by atoms with van der Waals surface area (Å²) in [5.74, 6) is 4.76. The predicted molar refractivity (Wildman–Crippen MR) is 92.8 cm³/mol. The van der Waals surface area contributed by atoms with E-state index in [2.05, 4.69) is 30.4 Å². The van der Waals surface area contributed by atoms with Crippen LogP contribution < -0.4 is 16.5 Å². The smallest absolute Gasteiger partial charge is 0.278 e. The van der Waals surface area contributed by atoms with Gasteiger partial charge in [0.15, 0.2) is 5.69 Å². The number of benzene rings is 1. The van der Waals surface area contributed by atoms with Gasteiger partial charge in [-0.15, -0.1) is 0 Å². The maximum absolute atomic E-state index is 11.8. The minimum absolute atomic E-state index is 0.132. The summed E-state index contributed by atoms with van der Waals surface area (Å²) in [5.41, 5.74) is 2.17. The molecule has 0 fully saturated rings. The minimum Gasteiger partial charge on any atom is -0.373 e. The molecule has 0 radical (unpaired) electrons. The molecule has 142 valence electrons. The number of aromatic nitrogens is 2. The van der Waals surface area contributed by atoms with Crippen LogP contribution in [0.15, 0.2) is 41.0 Å². The standard InChI is InChI=1S/C16H18N6O5/c17-26-8-7-18-14(23)9-10-1-3-11(4-2-10)19-12-5-6-13(22(24)25)16-15(12)20-27-21-16/h1-6,12-13,19H,7-9,17H2,(H,18,23). The van der Waals surface area contributed by atoms with Crippen LogP contribution in [0.1, 0.15) is 29.0 Å². The SMILES string of the molecule is NOCCNC(=O)Cc1ccc(NC2C=CC([N+](=O)[O-])c3nonc32)cc1. The Labute approximate surface area is 153 Å². The van der Waals surface area contributed by atoms with Gasteiger partial charge in [0.1, 0.15) is 5.69 Å². The van der Waals surface area contributed by atoms with E-state index in [0.29, 0.717) is 12.2 Å². The Balaban J connectivity index is 1.61.